The van der Waals surface area contributed by atoms with Gasteiger partial charge in [0.05, 0.1) is 13.2 Å². The van der Waals surface area contributed by atoms with Crippen molar-refractivity contribution >= 4 is 29.1 Å². The summed E-state index contributed by atoms with van der Waals surface area (Å²) >= 11 is 0. The van der Waals surface area contributed by atoms with Gasteiger partial charge in [-0.25, -0.2) is 14.2 Å². The molecule has 10 heteroatoms. The summed E-state index contributed by atoms with van der Waals surface area (Å²) in [7, 11) is 1.23. The van der Waals surface area contributed by atoms with Crippen LogP contribution in [0.5, 0.6) is 11.5 Å². The molecule has 0 radical (unpaired) electrons. The number of hydrogen-bond donors (Lipinski definition) is 4. The molecule has 158 valence electrons. The smallest absolute Gasteiger partial charge is 0.354 e. The number of H-pyrrole nitrogens is 2. The molecule has 30 heavy (non-hydrogen) atoms. The van der Waals surface area contributed by atoms with E-state index in [2.05, 4.69) is 19.7 Å². The van der Waals surface area contributed by atoms with Crippen molar-refractivity contribution in [1.29, 1.82) is 5.41 Å². The first-order valence-corrected chi connectivity index (χ1v) is 8.99. The van der Waals surface area contributed by atoms with Gasteiger partial charge in [-0.15, -0.1) is 0 Å². The quantitative estimate of drug-likeness (QED) is 0.267. The van der Waals surface area contributed by atoms with E-state index in [0.717, 1.165) is 6.34 Å². The molecular formula is C20H21FN4O5. The number of esters is 1. The number of ether oxygens (including phenoxy) is 3. The van der Waals surface area contributed by atoms with E-state index in [9.17, 15) is 9.90 Å². The van der Waals surface area contributed by atoms with Gasteiger partial charge in [-0.05, 0) is 32.0 Å². The summed E-state index contributed by atoms with van der Waals surface area (Å²) in [6, 6.07) is 4.28. The molecule has 3 aromatic rings. The van der Waals surface area contributed by atoms with Crippen molar-refractivity contribution in [1.82, 2.24) is 9.97 Å². The number of carbonyl (C=O) groups excluding carboxylic acids is 1. The predicted octanol–water partition coefficient (Wildman–Crippen LogP) is 2.92. The number of halogens is 1. The van der Waals surface area contributed by atoms with Crippen LogP contribution in [-0.2, 0) is 4.74 Å². The van der Waals surface area contributed by atoms with E-state index in [4.69, 9.17) is 14.9 Å². The molecule has 1 aromatic carbocycles. The van der Waals surface area contributed by atoms with Crippen molar-refractivity contribution in [3.05, 3.63) is 47.2 Å². The molecule has 0 aliphatic heterocycles. The minimum absolute atomic E-state index is 0.0450. The summed E-state index contributed by atoms with van der Waals surface area (Å²) in [5.74, 6) is -1.04. The molecule has 0 saturated heterocycles. The maximum atomic E-state index is 15.0. The Hall–Kier alpha value is -3.66. The van der Waals surface area contributed by atoms with Crippen LogP contribution in [0.15, 0.2) is 29.4 Å². The van der Waals surface area contributed by atoms with Crippen LogP contribution in [0, 0.1) is 18.2 Å². The number of aliphatic hydroxyl groups is 1. The number of hydrogen-bond acceptors (Lipinski definition) is 6. The van der Waals surface area contributed by atoms with Gasteiger partial charge in [0.15, 0.2) is 11.6 Å². The van der Waals surface area contributed by atoms with E-state index < -0.39 is 17.9 Å². The average molecular weight is 416 g/mol. The fraction of sp³-hybridized carbons (Fsp3) is 0.250. The number of aromatic nitrogens is 2. The maximum Gasteiger partial charge on any atom is 0.354 e. The first-order chi connectivity index (χ1) is 14.3. The normalized spacial score (nSPS) is 12.6. The zero-order valence-corrected chi connectivity index (χ0v) is 16.6. The lowest BCUT2D eigenvalue weighted by atomic mass is 10.2. The third-order valence-corrected chi connectivity index (χ3v) is 4.28. The highest BCUT2D eigenvalue weighted by atomic mass is 19.1. The van der Waals surface area contributed by atoms with Gasteiger partial charge in [0.25, 0.3) is 0 Å². The molecule has 0 saturated carbocycles. The molecule has 2 heterocycles. The van der Waals surface area contributed by atoms with Gasteiger partial charge < -0.3 is 29.3 Å². The minimum Gasteiger partial charge on any atom is -0.489 e. The topological polar surface area (TPSA) is 133 Å². The number of methoxy groups -OCH3 is 1. The zero-order valence-electron chi connectivity index (χ0n) is 16.6. The molecule has 4 N–H and O–H groups in total. The third kappa shape index (κ3) is 4.18. The number of nitrogens with zero attached hydrogens (tertiary/aromatic N) is 1. The number of aromatic amines is 2. The average Bonchev–Trinajstić information content (AvgIpc) is 3.31. The van der Waals surface area contributed by atoms with Crippen LogP contribution >= 0.6 is 0 Å². The van der Waals surface area contributed by atoms with Crippen molar-refractivity contribution in [2.45, 2.75) is 20.0 Å². The molecule has 0 fully saturated rings. The summed E-state index contributed by atoms with van der Waals surface area (Å²) in [6.45, 7) is 3.43. The number of fused-ring (bicyclic) bond motifs is 1. The fourth-order valence-electron chi connectivity index (χ4n) is 2.81. The van der Waals surface area contributed by atoms with Crippen LogP contribution in [0.4, 0.5) is 4.39 Å². The number of nitrogens with one attached hydrogen (secondary N) is 3. The number of rotatable bonds is 7. The third-order valence-electron chi connectivity index (χ3n) is 4.28. The van der Waals surface area contributed by atoms with Crippen molar-refractivity contribution in [3.63, 3.8) is 0 Å². The van der Waals surface area contributed by atoms with E-state index in [1.54, 1.807) is 26.1 Å². The highest BCUT2D eigenvalue weighted by molar-refractivity contribution is 6.00. The number of aliphatic hydroxyl groups excluding tert-OH is 1. The number of benzene rings is 1. The highest BCUT2D eigenvalue weighted by Crippen LogP contribution is 2.29. The van der Waals surface area contributed by atoms with Crippen molar-refractivity contribution in [2.24, 2.45) is 4.99 Å². The first kappa shape index (κ1) is 21.1. The van der Waals surface area contributed by atoms with Crippen LogP contribution in [0.3, 0.4) is 0 Å². The largest absolute Gasteiger partial charge is 0.489 e. The summed E-state index contributed by atoms with van der Waals surface area (Å²) in [6.07, 6.45) is 1.68. The molecule has 1 atom stereocenters. The van der Waals surface area contributed by atoms with E-state index >= 15 is 4.39 Å². The Morgan fingerprint density at radius 2 is 2.17 bits per heavy atom. The Labute approximate surface area is 171 Å². The second-order valence-electron chi connectivity index (χ2n) is 6.49. The van der Waals surface area contributed by atoms with Crippen molar-refractivity contribution < 1.29 is 28.5 Å². The van der Waals surface area contributed by atoms with Gasteiger partial charge in [0.1, 0.15) is 30.1 Å². The SMILES string of the molecule is COC(=O)c1cc2c(F)c(O/C(=N/C=N)c3[nH]cc(OC[C@H](C)O)c3C)ccc2[nH]1. The molecule has 0 amide bonds. The second-order valence-corrected chi connectivity index (χ2v) is 6.49. The lowest BCUT2D eigenvalue weighted by Crippen LogP contribution is -2.14. The Kier molecular flexibility index (Phi) is 6.17. The summed E-state index contributed by atoms with van der Waals surface area (Å²) in [4.78, 5) is 21.3. The van der Waals surface area contributed by atoms with E-state index in [1.165, 1.54) is 19.2 Å². The van der Waals surface area contributed by atoms with Crippen LogP contribution in [0.1, 0.15) is 28.7 Å². The van der Waals surface area contributed by atoms with Crippen LogP contribution in [0.25, 0.3) is 10.9 Å². The van der Waals surface area contributed by atoms with Gasteiger partial charge in [-0.1, -0.05) is 0 Å². The van der Waals surface area contributed by atoms with Crippen molar-refractivity contribution in [2.75, 3.05) is 13.7 Å². The summed E-state index contributed by atoms with van der Waals surface area (Å²) < 4.78 is 30.8. The second kappa shape index (κ2) is 8.78. The summed E-state index contributed by atoms with van der Waals surface area (Å²) in [5, 5.41) is 16.8. The molecule has 0 aliphatic carbocycles. The maximum absolute atomic E-state index is 15.0. The van der Waals surface area contributed by atoms with Gasteiger partial charge in [0.2, 0.25) is 5.90 Å². The predicted molar refractivity (Wildman–Crippen MR) is 108 cm³/mol. The Morgan fingerprint density at radius 1 is 1.40 bits per heavy atom. The first-order valence-electron chi connectivity index (χ1n) is 8.99. The Balaban J connectivity index is 1.93. The van der Waals surface area contributed by atoms with E-state index in [0.29, 0.717) is 22.5 Å². The molecular weight excluding hydrogens is 395 g/mol. The zero-order chi connectivity index (χ0) is 21.8. The molecule has 0 spiro atoms. The Morgan fingerprint density at radius 3 is 2.83 bits per heavy atom. The molecule has 9 nitrogen and oxygen atoms in total. The fourth-order valence-corrected chi connectivity index (χ4v) is 2.81. The monoisotopic (exact) mass is 416 g/mol. The number of carbonyl (C=O) groups is 1. The van der Waals surface area contributed by atoms with Gasteiger partial charge in [0, 0.05) is 22.7 Å². The molecule has 0 bridgehead atoms. The number of aliphatic imine (C=N–C) groups is 1. The minimum atomic E-state index is -0.702. The lowest BCUT2D eigenvalue weighted by molar-refractivity contribution is 0.0595. The Bertz CT molecular complexity index is 1120. The van der Waals surface area contributed by atoms with Gasteiger partial charge >= 0.3 is 5.97 Å². The molecule has 0 unspecified atom stereocenters. The highest BCUT2D eigenvalue weighted by Gasteiger charge is 2.20. The van der Waals surface area contributed by atoms with Gasteiger partial charge in [-0.3, -0.25) is 5.41 Å². The molecule has 0 aliphatic rings. The lowest BCUT2D eigenvalue weighted by Gasteiger charge is -2.10. The summed E-state index contributed by atoms with van der Waals surface area (Å²) in [5.41, 5.74) is 1.52. The van der Waals surface area contributed by atoms with Crippen LogP contribution < -0.4 is 9.47 Å². The molecule has 2 aromatic heterocycles. The van der Waals surface area contributed by atoms with Crippen molar-refractivity contribution in [3.8, 4) is 11.5 Å². The van der Waals surface area contributed by atoms with E-state index in [1.807, 2.05) is 0 Å². The molecule has 3 rings (SSSR count). The van der Waals surface area contributed by atoms with Crippen LogP contribution in [0.2, 0.25) is 0 Å². The van der Waals surface area contributed by atoms with Crippen LogP contribution in [-0.4, -0.2) is 53.1 Å². The van der Waals surface area contributed by atoms with E-state index in [-0.39, 0.29) is 29.3 Å². The van der Waals surface area contributed by atoms with Gasteiger partial charge in [-0.2, -0.15) is 0 Å². The standard InChI is InChI=1S/C20H21FN4O5/c1-10(26)8-29-16-7-23-18(11(16)2)19(24-9-22)30-15-5-4-13-12(17(15)21)6-14(25-13)20(27)28-3/h4-7,9-10,22-23,25-26H,8H2,1-3H3/b22-9?,24-19+/t10-/m0/s1.